The Hall–Kier alpha value is -0.430. The molecule has 68 valence electrons. The van der Waals surface area contributed by atoms with E-state index in [2.05, 4.69) is 20.9 Å². The first-order chi connectivity index (χ1) is 5.34. The molecule has 4 nitrogen and oxygen atoms in total. The summed E-state index contributed by atoms with van der Waals surface area (Å²) < 4.78 is 34.9. The van der Waals surface area contributed by atoms with Gasteiger partial charge in [-0.05, 0) is 22.9 Å². The Balaban J connectivity index is 3.48. The Morgan fingerprint density at radius 2 is 2.08 bits per heavy atom. The van der Waals surface area contributed by atoms with Crippen LogP contribution in [-0.4, -0.2) is 18.0 Å². The van der Waals surface area contributed by atoms with Crippen LogP contribution in [0.4, 0.5) is 3.89 Å². The normalized spacial score (nSPS) is 12.0. The number of aryl methyl sites for hydroxylation is 1. The highest BCUT2D eigenvalue weighted by molar-refractivity contribution is 9.10. The molecule has 7 heteroatoms. The zero-order valence-corrected chi connectivity index (χ0v) is 8.78. The minimum Gasteiger partial charge on any atom is -0.325 e. The zero-order chi connectivity index (χ0) is 9.52. The van der Waals surface area contributed by atoms with E-state index >= 15 is 0 Å². The molecule has 1 heterocycles. The van der Waals surface area contributed by atoms with Crippen LogP contribution in [0.5, 0.6) is 0 Å². The smallest absolute Gasteiger partial charge is 0.325 e. The lowest BCUT2D eigenvalue weighted by Crippen LogP contribution is -1.94. The number of halogens is 2. The molecule has 0 N–H and O–H groups in total. The van der Waals surface area contributed by atoms with E-state index in [0.717, 1.165) is 0 Å². The van der Waals surface area contributed by atoms with Crippen LogP contribution < -0.4 is 0 Å². The molecular formula is C5H6BrFN2O2S. The van der Waals surface area contributed by atoms with Crippen LogP contribution >= 0.6 is 15.9 Å². The molecule has 12 heavy (non-hydrogen) atoms. The maximum absolute atomic E-state index is 12.4. The zero-order valence-electron chi connectivity index (χ0n) is 6.38. The molecule has 0 saturated carbocycles. The lowest BCUT2D eigenvalue weighted by molar-refractivity contribution is 0.547. The van der Waals surface area contributed by atoms with Gasteiger partial charge in [0.25, 0.3) is 0 Å². The maximum Gasteiger partial charge on any atom is 0.352 e. The van der Waals surface area contributed by atoms with Crippen LogP contribution in [-0.2, 0) is 17.3 Å². The maximum atomic E-state index is 12.4. The average Bonchev–Trinajstić information content (AvgIpc) is 2.15. The van der Waals surface area contributed by atoms with Crippen molar-refractivity contribution in [2.24, 2.45) is 7.05 Å². The molecule has 1 aromatic heterocycles. The summed E-state index contributed by atoms with van der Waals surface area (Å²) in [4.78, 5) is 3.53. The first kappa shape index (κ1) is 9.66. The number of aromatic nitrogens is 2. The van der Waals surface area contributed by atoms with E-state index in [9.17, 15) is 12.3 Å². The second-order valence-corrected chi connectivity index (χ2v) is 4.27. The summed E-state index contributed by atoms with van der Waals surface area (Å²) >= 11 is 2.92. The molecule has 0 bridgehead atoms. The Labute approximate surface area is 77.8 Å². The van der Waals surface area contributed by atoms with E-state index in [-0.39, 0.29) is 4.60 Å². The summed E-state index contributed by atoms with van der Waals surface area (Å²) in [6.07, 6.45) is 0. The molecule has 0 aromatic carbocycles. The fraction of sp³-hybridized carbons (Fsp3) is 0.400. The van der Waals surface area contributed by atoms with E-state index < -0.39 is 15.2 Å². The first-order valence-corrected chi connectivity index (χ1v) is 5.15. The van der Waals surface area contributed by atoms with Gasteiger partial charge in [0.15, 0.2) is 0 Å². The van der Waals surface area contributed by atoms with Crippen molar-refractivity contribution in [1.29, 1.82) is 0 Å². The van der Waals surface area contributed by atoms with E-state index in [1.807, 2.05) is 0 Å². The van der Waals surface area contributed by atoms with Gasteiger partial charge in [0.1, 0.15) is 10.4 Å². The van der Waals surface area contributed by atoms with Gasteiger partial charge in [-0.15, -0.1) is 0 Å². The van der Waals surface area contributed by atoms with Crippen molar-refractivity contribution in [3.8, 4) is 0 Å². The van der Waals surface area contributed by atoms with Crippen molar-refractivity contribution < 1.29 is 12.3 Å². The first-order valence-electron chi connectivity index (χ1n) is 2.97. The summed E-state index contributed by atoms with van der Waals surface area (Å²) in [5.41, 5.74) is 0. The highest BCUT2D eigenvalue weighted by Gasteiger charge is 2.22. The van der Waals surface area contributed by atoms with E-state index in [0.29, 0.717) is 5.82 Å². The Morgan fingerprint density at radius 1 is 1.58 bits per heavy atom. The van der Waals surface area contributed by atoms with Crippen molar-refractivity contribution in [3.63, 3.8) is 0 Å². The lowest BCUT2D eigenvalue weighted by Gasteiger charge is -1.93. The highest BCUT2D eigenvalue weighted by atomic mass is 79.9. The Kier molecular flexibility index (Phi) is 2.26. The third kappa shape index (κ3) is 1.51. The summed E-state index contributed by atoms with van der Waals surface area (Å²) in [6, 6.07) is 0. The molecule has 0 radical (unpaired) electrons. The van der Waals surface area contributed by atoms with Crippen LogP contribution in [0.25, 0.3) is 0 Å². The van der Waals surface area contributed by atoms with E-state index in [1.165, 1.54) is 4.57 Å². The molecule has 0 fully saturated rings. The number of hydrogen-bond acceptors (Lipinski definition) is 3. The van der Waals surface area contributed by atoms with Crippen LogP contribution in [0, 0.1) is 6.92 Å². The van der Waals surface area contributed by atoms with Gasteiger partial charge in [-0.3, -0.25) is 0 Å². The largest absolute Gasteiger partial charge is 0.352 e. The van der Waals surface area contributed by atoms with Gasteiger partial charge >= 0.3 is 10.2 Å². The van der Waals surface area contributed by atoms with Crippen molar-refractivity contribution in [3.05, 3.63) is 10.4 Å². The summed E-state index contributed by atoms with van der Waals surface area (Å²) in [6.45, 7) is 1.58. The van der Waals surface area contributed by atoms with E-state index in [1.54, 1.807) is 14.0 Å². The van der Waals surface area contributed by atoms with Crippen molar-refractivity contribution in [2.45, 2.75) is 11.9 Å². The molecule has 0 saturated heterocycles. The molecule has 0 aliphatic heterocycles. The molecule has 0 amide bonds. The van der Waals surface area contributed by atoms with Crippen molar-refractivity contribution >= 4 is 26.2 Å². The SMILES string of the molecule is Cc1nc(S(=O)(=O)F)c(Br)n1C. The molecule has 0 atom stereocenters. The Bertz CT molecular complexity index is 411. The molecule has 0 spiro atoms. The van der Waals surface area contributed by atoms with Gasteiger partial charge in [0.2, 0.25) is 5.03 Å². The van der Waals surface area contributed by atoms with Gasteiger partial charge in [-0.1, -0.05) is 3.89 Å². The number of hydrogen-bond donors (Lipinski definition) is 0. The minimum atomic E-state index is -4.71. The predicted molar refractivity (Wildman–Crippen MR) is 43.9 cm³/mol. The molecule has 1 aromatic rings. The standard InChI is InChI=1S/C5H6BrFN2O2S/c1-3-8-5(12(7,10)11)4(6)9(3)2/h1-2H3. The van der Waals surface area contributed by atoms with Crippen molar-refractivity contribution in [1.82, 2.24) is 9.55 Å². The van der Waals surface area contributed by atoms with Crippen LogP contribution in [0.2, 0.25) is 0 Å². The van der Waals surface area contributed by atoms with Crippen LogP contribution in [0.1, 0.15) is 5.82 Å². The number of nitrogens with zero attached hydrogens (tertiary/aromatic N) is 2. The minimum absolute atomic E-state index is 0.127. The predicted octanol–water partition coefficient (Wildman–Crippen LogP) is 1.15. The fourth-order valence-electron chi connectivity index (χ4n) is 0.709. The topological polar surface area (TPSA) is 52.0 Å². The Morgan fingerprint density at radius 3 is 2.25 bits per heavy atom. The van der Waals surface area contributed by atoms with Crippen LogP contribution in [0.3, 0.4) is 0 Å². The summed E-state index contributed by atoms with van der Waals surface area (Å²) in [7, 11) is -3.13. The molecule has 0 aliphatic carbocycles. The second-order valence-electron chi connectivity index (χ2n) is 2.25. The summed E-state index contributed by atoms with van der Waals surface area (Å²) in [5.74, 6) is 0.429. The molecule has 0 aliphatic rings. The molecule has 0 unspecified atom stereocenters. The fourth-order valence-corrected chi connectivity index (χ4v) is 2.21. The summed E-state index contributed by atoms with van der Waals surface area (Å²) in [5, 5.41) is -0.567. The third-order valence-electron chi connectivity index (χ3n) is 1.45. The molecule has 1 rings (SSSR count). The monoisotopic (exact) mass is 256 g/mol. The molecular weight excluding hydrogens is 251 g/mol. The highest BCUT2D eigenvalue weighted by Crippen LogP contribution is 2.22. The van der Waals surface area contributed by atoms with Gasteiger partial charge in [-0.25, -0.2) is 4.98 Å². The number of imidazole rings is 1. The third-order valence-corrected chi connectivity index (χ3v) is 3.37. The van der Waals surface area contributed by atoms with Crippen LogP contribution in [0.15, 0.2) is 9.63 Å². The second kappa shape index (κ2) is 2.81. The van der Waals surface area contributed by atoms with Gasteiger partial charge in [0, 0.05) is 7.05 Å². The average molecular weight is 257 g/mol. The van der Waals surface area contributed by atoms with Gasteiger partial charge < -0.3 is 4.57 Å². The number of rotatable bonds is 1. The van der Waals surface area contributed by atoms with Crippen molar-refractivity contribution in [2.75, 3.05) is 0 Å². The quantitative estimate of drug-likeness (QED) is 0.709. The van der Waals surface area contributed by atoms with Gasteiger partial charge in [-0.2, -0.15) is 8.42 Å². The lowest BCUT2D eigenvalue weighted by atomic mass is 10.7. The van der Waals surface area contributed by atoms with E-state index in [4.69, 9.17) is 0 Å². The van der Waals surface area contributed by atoms with Gasteiger partial charge in [0.05, 0.1) is 0 Å².